The van der Waals surface area contributed by atoms with E-state index in [2.05, 4.69) is 21.3 Å². The number of rotatable bonds is 3. The first-order chi connectivity index (χ1) is 8.60. The van der Waals surface area contributed by atoms with E-state index in [1.54, 1.807) is 6.92 Å². The van der Waals surface area contributed by atoms with E-state index < -0.39 is 17.6 Å². The van der Waals surface area contributed by atoms with Crippen LogP contribution in [-0.4, -0.2) is 19.7 Å². The van der Waals surface area contributed by atoms with Gasteiger partial charge in [-0.1, -0.05) is 11.8 Å². The minimum Gasteiger partial charge on any atom is -0.494 e. The molecule has 0 N–H and O–H groups in total. The van der Waals surface area contributed by atoms with Gasteiger partial charge in [0, 0.05) is 0 Å². The van der Waals surface area contributed by atoms with E-state index in [1.807, 2.05) is 0 Å². The number of carbonyl (C=O) groups excluding carboxylic acids is 1. The summed E-state index contributed by atoms with van der Waals surface area (Å²) in [7, 11) is 1.24. The second-order valence-electron chi connectivity index (χ2n) is 3.23. The summed E-state index contributed by atoms with van der Waals surface area (Å²) >= 11 is 0. The van der Waals surface area contributed by atoms with Gasteiger partial charge in [0.2, 0.25) is 5.82 Å². The maximum absolute atomic E-state index is 13.4. The Kier molecular flexibility index (Phi) is 5.12. The van der Waals surface area contributed by atoms with Gasteiger partial charge in [-0.3, -0.25) is 4.79 Å². The lowest BCUT2D eigenvalue weighted by Crippen LogP contribution is -2.01. The number of benzene rings is 1. The van der Waals surface area contributed by atoms with Gasteiger partial charge in [-0.25, -0.2) is 4.39 Å². The maximum atomic E-state index is 13.4. The minimum absolute atomic E-state index is 0.127. The van der Waals surface area contributed by atoms with Crippen molar-refractivity contribution in [2.24, 2.45) is 0 Å². The van der Waals surface area contributed by atoms with E-state index in [1.165, 1.54) is 19.2 Å². The van der Waals surface area contributed by atoms with E-state index in [4.69, 9.17) is 0 Å². The quantitative estimate of drug-likeness (QED) is 0.613. The molecule has 0 saturated heterocycles. The average Bonchev–Trinajstić information content (AvgIpc) is 2.35. The molecule has 0 aliphatic carbocycles. The second kappa shape index (κ2) is 6.60. The molecule has 0 amide bonds. The van der Waals surface area contributed by atoms with Gasteiger partial charge in [-0.15, -0.1) is 0 Å². The molecule has 18 heavy (non-hydrogen) atoms. The molecule has 0 heterocycles. The van der Waals surface area contributed by atoms with Crippen molar-refractivity contribution in [1.82, 2.24) is 0 Å². The lowest BCUT2D eigenvalue weighted by atomic mass is 10.2. The van der Waals surface area contributed by atoms with Gasteiger partial charge in [0.05, 0.1) is 19.3 Å². The van der Waals surface area contributed by atoms with E-state index in [-0.39, 0.29) is 24.3 Å². The Balaban J connectivity index is 2.83. The summed E-state index contributed by atoms with van der Waals surface area (Å²) < 4.78 is 36.0. The summed E-state index contributed by atoms with van der Waals surface area (Å²) in [6, 6.07) is 2.56. The zero-order chi connectivity index (χ0) is 13.5. The zero-order valence-corrected chi connectivity index (χ0v) is 10.0. The largest absolute Gasteiger partial charge is 0.494 e. The Hall–Kier alpha value is -2.09. The Labute approximate surface area is 104 Å². The molecule has 1 rings (SSSR count). The van der Waals surface area contributed by atoms with Gasteiger partial charge in [0.25, 0.3) is 0 Å². The van der Waals surface area contributed by atoms with Crippen molar-refractivity contribution < 1.29 is 23.0 Å². The topological polar surface area (TPSA) is 35.5 Å². The molecular formula is C13H12F2O3. The number of methoxy groups -OCH3 is 1. The molecule has 0 atom stereocenters. The van der Waals surface area contributed by atoms with Crippen LogP contribution in [0.15, 0.2) is 12.1 Å². The van der Waals surface area contributed by atoms with Gasteiger partial charge >= 0.3 is 5.97 Å². The SMILES string of the molecule is CCOC(=O)CC#Cc1ccc(OC)c(F)c1F. The number of halogens is 2. The van der Waals surface area contributed by atoms with Crippen molar-refractivity contribution in [3.05, 3.63) is 29.3 Å². The van der Waals surface area contributed by atoms with Crippen molar-refractivity contribution in [3.63, 3.8) is 0 Å². The monoisotopic (exact) mass is 254 g/mol. The van der Waals surface area contributed by atoms with Gasteiger partial charge in [-0.05, 0) is 19.1 Å². The first-order valence-corrected chi connectivity index (χ1v) is 5.26. The fourth-order valence-electron chi connectivity index (χ4n) is 1.21. The van der Waals surface area contributed by atoms with Crippen LogP contribution in [0.5, 0.6) is 5.75 Å². The highest BCUT2D eigenvalue weighted by Gasteiger charge is 2.12. The second-order valence-corrected chi connectivity index (χ2v) is 3.23. The molecular weight excluding hydrogens is 242 g/mol. The molecule has 0 saturated carbocycles. The standard InChI is InChI=1S/C13H12F2O3/c1-3-18-11(16)6-4-5-9-7-8-10(17-2)13(15)12(9)14/h7-8H,3,6H2,1-2H3. The summed E-state index contributed by atoms with van der Waals surface area (Å²) in [5, 5.41) is 0. The third-order valence-electron chi connectivity index (χ3n) is 2.03. The van der Waals surface area contributed by atoms with Crippen LogP contribution in [0.4, 0.5) is 8.78 Å². The van der Waals surface area contributed by atoms with Crippen molar-refractivity contribution in [2.45, 2.75) is 13.3 Å². The van der Waals surface area contributed by atoms with Crippen molar-refractivity contribution in [1.29, 1.82) is 0 Å². The Morgan fingerprint density at radius 1 is 1.33 bits per heavy atom. The first kappa shape index (κ1) is 14.0. The molecule has 3 nitrogen and oxygen atoms in total. The van der Waals surface area contributed by atoms with Crippen LogP contribution in [0.2, 0.25) is 0 Å². The van der Waals surface area contributed by atoms with Crippen molar-refractivity contribution >= 4 is 5.97 Å². The molecule has 1 aromatic carbocycles. The minimum atomic E-state index is -1.10. The van der Waals surface area contributed by atoms with Crippen LogP contribution in [0.25, 0.3) is 0 Å². The van der Waals surface area contributed by atoms with Gasteiger partial charge in [0.15, 0.2) is 11.6 Å². The van der Waals surface area contributed by atoms with Gasteiger partial charge in [0.1, 0.15) is 6.42 Å². The normalized spacial score (nSPS) is 9.33. The number of hydrogen-bond donors (Lipinski definition) is 0. The number of ether oxygens (including phenoxy) is 2. The fraction of sp³-hybridized carbons (Fsp3) is 0.308. The molecule has 0 bridgehead atoms. The third kappa shape index (κ3) is 3.45. The highest BCUT2D eigenvalue weighted by atomic mass is 19.2. The summed E-state index contributed by atoms with van der Waals surface area (Å²) in [6.45, 7) is 1.93. The predicted molar refractivity (Wildman–Crippen MR) is 61.0 cm³/mol. The summed E-state index contributed by atoms with van der Waals surface area (Å²) in [5.41, 5.74) is -0.127. The van der Waals surface area contributed by atoms with Crippen LogP contribution < -0.4 is 4.74 Å². The third-order valence-corrected chi connectivity index (χ3v) is 2.03. The van der Waals surface area contributed by atoms with E-state index >= 15 is 0 Å². The first-order valence-electron chi connectivity index (χ1n) is 5.26. The molecule has 0 spiro atoms. The number of esters is 1. The summed E-state index contributed by atoms with van der Waals surface area (Å²) in [6.07, 6.45) is -0.166. The van der Waals surface area contributed by atoms with Crippen LogP contribution in [0.3, 0.4) is 0 Å². The molecule has 0 fully saturated rings. The van der Waals surface area contributed by atoms with Crippen molar-refractivity contribution in [2.75, 3.05) is 13.7 Å². The highest BCUT2D eigenvalue weighted by Crippen LogP contribution is 2.21. The zero-order valence-electron chi connectivity index (χ0n) is 10.0. The molecule has 0 aliphatic rings. The van der Waals surface area contributed by atoms with Crippen LogP contribution in [-0.2, 0) is 9.53 Å². The lowest BCUT2D eigenvalue weighted by Gasteiger charge is -2.03. The fourth-order valence-corrected chi connectivity index (χ4v) is 1.21. The highest BCUT2D eigenvalue weighted by molar-refractivity contribution is 5.72. The van der Waals surface area contributed by atoms with Gasteiger partial charge in [-0.2, -0.15) is 4.39 Å². The molecule has 0 unspecified atom stereocenters. The molecule has 0 radical (unpaired) electrons. The number of carbonyl (C=O) groups is 1. The van der Waals surface area contributed by atoms with Gasteiger partial charge < -0.3 is 9.47 Å². The van der Waals surface area contributed by atoms with Crippen LogP contribution in [0, 0.1) is 23.5 Å². The smallest absolute Gasteiger partial charge is 0.317 e. The van der Waals surface area contributed by atoms with Crippen molar-refractivity contribution in [3.8, 4) is 17.6 Å². The van der Waals surface area contributed by atoms with Crippen LogP contribution in [0.1, 0.15) is 18.9 Å². The average molecular weight is 254 g/mol. The Morgan fingerprint density at radius 2 is 2.06 bits per heavy atom. The summed E-state index contributed by atoms with van der Waals surface area (Å²) in [5.74, 6) is 1.91. The van der Waals surface area contributed by atoms with Crippen LogP contribution >= 0.6 is 0 Å². The summed E-state index contributed by atoms with van der Waals surface area (Å²) in [4.78, 5) is 11.0. The molecule has 96 valence electrons. The maximum Gasteiger partial charge on any atom is 0.317 e. The number of hydrogen-bond acceptors (Lipinski definition) is 3. The molecule has 5 heteroatoms. The predicted octanol–water partition coefficient (Wildman–Crippen LogP) is 2.28. The lowest BCUT2D eigenvalue weighted by molar-refractivity contribution is -0.141. The Morgan fingerprint density at radius 3 is 2.67 bits per heavy atom. The molecule has 0 aromatic heterocycles. The molecule has 1 aromatic rings. The van der Waals surface area contributed by atoms with E-state index in [0.29, 0.717) is 0 Å². The van der Waals surface area contributed by atoms with E-state index in [0.717, 1.165) is 0 Å². The Bertz CT molecular complexity index is 501. The molecule has 0 aliphatic heterocycles. The van der Waals surface area contributed by atoms with E-state index in [9.17, 15) is 13.6 Å².